The summed E-state index contributed by atoms with van der Waals surface area (Å²) in [6, 6.07) is 10.1. The molecule has 33 heavy (non-hydrogen) atoms. The van der Waals surface area contributed by atoms with Crippen LogP contribution in [-0.2, 0) is 11.3 Å². The number of rotatable bonds is 4. The first-order valence-electron chi connectivity index (χ1n) is 11.0. The van der Waals surface area contributed by atoms with Crippen molar-refractivity contribution in [3.8, 4) is 11.1 Å². The van der Waals surface area contributed by atoms with E-state index in [0.717, 1.165) is 0 Å². The van der Waals surface area contributed by atoms with E-state index < -0.39 is 34.2 Å². The Morgan fingerprint density at radius 3 is 2.33 bits per heavy atom. The number of ether oxygens (including phenoxy) is 1. The summed E-state index contributed by atoms with van der Waals surface area (Å²) in [6.07, 6.45) is 1.06. The molecule has 1 aromatic carbocycles. The molecular weight excluding hydrogens is 424 g/mol. The van der Waals surface area contributed by atoms with E-state index in [2.05, 4.69) is 0 Å². The topological polar surface area (TPSA) is 109 Å². The molecule has 1 fully saturated rings. The van der Waals surface area contributed by atoms with Gasteiger partial charge in [0.15, 0.2) is 0 Å². The fraction of sp³-hybridized carbons (Fsp3) is 0.480. The van der Waals surface area contributed by atoms with Crippen molar-refractivity contribution >= 4 is 12.1 Å². The van der Waals surface area contributed by atoms with E-state index in [9.17, 15) is 24.6 Å². The number of benzene rings is 1. The SMILES string of the molecule is CC(C)(C)OC(=O)N1CCC(O)(Cn2cc(C(=O)O)c(-c3ccccc3)cc2=O)C(C)(C)C1. The highest BCUT2D eigenvalue weighted by Gasteiger charge is 2.49. The van der Waals surface area contributed by atoms with E-state index in [-0.39, 0.29) is 31.6 Å². The molecule has 0 saturated carbocycles. The van der Waals surface area contributed by atoms with Gasteiger partial charge in [0.25, 0.3) is 5.56 Å². The molecular formula is C25H32N2O6. The summed E-state index contributed by atoms with van der Waals surface area (Å²) in [5, 5.41) is 21.3. The van der Waals surface area contributed by atoms with Crippen LogP contribution < -0.4 is 5.56 Å². The molecule has 1 amide bonds. The van der Waals surface area contributed by atoms with Crippen LogP contribution >= 0.6 is 0 Å². The Bertz CT molecular complexity index is 1100. The third kappa shape index (κ3) is 5.27. The van der Waals surface area contributed by atoms with E-state index in [1.165, 1.54) is 16.8 Å². The van der Waals surface area contributed by atoms with Crippen LogP contribution in [0.1, 0.15) is 51.4 Å². The molecule has 2 N–H and O–H groups in total. The minimum absolute atomic E-state index is 0.0200. The predicted octanol–water partition coefficient (Wildman–Crippen LogP) is 3.61. The number of aromatic carboxylic acids is 1. The average Bonchev–Trinajstić information content (AvgIpc) is 2.70. The summed E-state index contributed by atoms with van der Waals surface area (Å²) in [5.41, 5.74) is -2.20. The quantitative estimate of drug-likeness (QED) is 0.727. The number of hydrogen-bond acceptors (Lipinski definition) is 5. The number of aromatic nitrogens is 1. The number of carbonyl (C=O) groups excluding carboxylic acids is 1. The second kappa shape index (κ2) is 8.67. The molecule has 1 aliphatic rings. The van der Waals surface area contributed by atoms with E-state index in [1.54, 1.807) is 49.9 Å². The summed E-state index contributed by atoms with van der Waals surface area (Å²) >= 11 is 0. The van der Waals surface area contributed by atoms with E-state index in [4.69, 9.17) is 4.74 Å². The maximum absolute atomic E-state index is 12.9. The van der Waals surface area contributed by atoms with Crippen molar-refractivity contribution in [3.05, 3.63) is 58.5 Å². The lowest BCUT2D eigenvalue weighted by molar-refractivity contribution is -0.126. The standard InChI is InChI=1S/C25H32N2O6/c1-23(2,3)33-22(31)26-12-11-25(32,24(4,5)15-26)16-27-14-19(21(29)30)18(13-20(27)28)17-9-7-6-8-10-17/h6-10,13-14,32H,11-12,15-16H2,1-5H3,(H,29,30). The Morgan fingerprint density at radius 1 is 1.15 bits per heavy atom. The highest BCUT2D eigenvalue weighted by molar-refractivity contribution is 5.95. The first-order valence-corrected chi connectivity index (χ1v) is 11.0. The normalized spacial score (nSPS) is 20.4. The van der Waals surface area contributed by atoms with Crippen LogP contribution in [-0.4, -0.2) is 56.0 Å². The number of pyridine rings is 1. The molecule has 1 unspecified atom stereocenters. The van der Waals surface area contributed by atoms with E-state index >= 15 is 0 Å². The average molecular weight is 457 g/mol. The van der Waals surface area contributed by atoms with Crippen molar-refractivity contribution in [3.63, 3.8) is 0 Å². The number of carbonyl (C=O) groups is 2. The maximum Gasteiger partial charge on any atom is 0.410 e. The number of carboxylic acids is 1. The molecule has 0 aliphatic carbocycles. The zero-order valence-electron chi connectivity index (χ0n) is 19.8. The van der Waals surface area contributed by atoms with Gasteiger partial charge in [0.1, 0.15) is 5.60 Å². The van der Waals surface area contributed by atoms with Crippen LogP contribution in [0.15, 0.2) is 47.4 Å². The lowest BCUT2D eigenvalue weighted by Gasteiger charge is -2.50. The van der Waals surface area contributed by atoms with Gasteiger partial charge < -0.3 is 24.4 Å². The molecule has 0 radical (unpaired) electrons. The van der Waals surface area contributed by atoms with Crippen molar-refractivity contribution in [2.45, 2.75) is 58.8 Å². The van der Waals surface area contributed by atoms with Crippen LogP contribution in [0.2, 0.25) is 0 Å². The van der Waals surface area contributed by atoms with Gasteiger partial charge in [-0.05, 0) is 32.8 Å². The van der Waals surface area contributed by atoms with Gasteiger partial charge in [0, 0.05) is 36.3 Å². The zero-order chi connectivity index (χ0) is 24.6. The number of hydrogen-bond donors (Lipinski definition) is 2. The molecule has 8 heteroatoms. The summed E-state index contributed by atoms with van der Waals surface area (Å²) in [6.45, 7) is 9.44. The summed E-state index contributed by atoms with van der Waals surface area (Å²) in [5.74, 6) is -1.16. The minimum Gasteiger partial charge on any atom is -0.478 e. The Kier molecular flexibility index (Phi) is 6.44. The van der Waals surface area contributed by atoms with Crippen LogP contribution in [0.4, 0.5) is 4.79 Å². The highest BCUT2D eigenvalue weighted by atomic mass is 16.6. The molecule has 2 aromatic rings. The van der Waals surface area contributed by atoms with Crippen molar-refractivity contribution in [1.29, 1.82) is 0 Å². The van der Waals surface area contributed by atoms with Gasteiger partial charge in [-0.3, -0.25) is 4.79 Å². The molecule has 178 valence electrons. The van der Waals surface area contributed by atoms with Crippen LogP contribution in [0.25, 0.3) is 11.1 Å². The van der Waals surface area contributed by atoms with Gasteiger partial charge in [-0.25, -0.2) is 9.59 Å². The second-order valence-corrected chi connectivity index (χ2v) is 10.3. The fourth-order valence-corrected chi connectivity index (χ4v) is 4.14. The minimum atomic E-state index is -1.33. The molecule has 0 bridgehead atoms. The van der Waals surface area contributed by atoms with Crippen molar-refractivity contribution in [2.75, 3.05) is 13.1 Å². The number of piperidine rings is 1. The molecule has 1 atom stereocenters. The van der Waals surface area contributed by atoms with Gasteiger partial charge >= 0.3 is 12.1 Å². The van der Waals surface area contributed by atoms with Crippen molar-refractivity contribution in [1.82, 2.24) is 9.47 Å². The lowest BCUT2D eigenvalue weighted by atomic mass is 9.70. The third-order valence-corrected chi connectivity index (χ3v) is 6.17. The maximum atomic E-state index is 12.9. The molecule has 8 nitrogen and oxygen atoms in total. The number of amides is 1. The van der Waals surface area contributed by atoms with Gasteiger partial charge in [0.2, 0.25) is 0 Å². The molecule has 3 rings (SSSR count). The predicted molar refractivity (Wildman–Crippen MR) is 124 cm³/mol. The summed E-state index contributed by atoms with van der Waals surface area (Å²) < 4.78 is 6.71. The monoisotopic (exact) mass is 456 g/mol. The van der Waals surface area contributed by atoms with Gasteiger partial charge in [-0.1, -0.05) is 44.2 Å². The van der Waals surface area contributed by atoms with Crippen LogP contribution in [0.5, 0.6) is 0 Å². The molecule has 1 aliphatic heterocycles. The van der Waals surface area contributed by atoms with Crippen molar-refractivity contribution < 1.29 is 24.5 Å². The van der Waals surface area contributed by atoms with E-state index in [0.29, 0.717) is 11.1 Å². The number of aliphatic hydroxyl groups is 1. The third-order valence-electron chi connectivity index (χ3n) is 6.17. The molecule has 1 saturated heterocycles. The van der Waals surface area contributed by atoms with E-state index in [1.807, 2.05) is 19.9 Å². The second-order valence-electron chi connectivity index (χ2n) is 10.3. The van der Waals surface area contributed by atoms with Crippen LogP contribution in [0, 0.1) is 5.41 Å². The Hall–Kier alpha value is -3.13. The number of carboxylic acid groups (broad SMARTS) is 1. The van der Waals surface area contributed by atoms with Gasteiger partial charge in [-0.15, -0.1) is 0 Å². The molecule has 1 aromatic heterocycles. The smallest absolute Gasteiger partial charge is 0.410 e. The molecule has 0 spiro atoms. The fourth-order valence-electron chi connectivity index (χ4n) is 4.14. The van der Waals surface area contributed by atoms with Crippen molar-refractivity contribution in [2.24, 2.45) is 5.41 Å². The Labute approximate surface area is 193 Å². The molecule has 2 heterocycles. The largest absolute Gasteiger partial charge is 0.478 e. The Morgan fingerprint density at radius 2 is 1.79 bits per heavy atom. The first-order chi connectivity index (χ1) is 15.2. The summed E-state index contributed by atoms with van der Waals surface area (Å²) in [4.78, 5) is 39.0. The highest BCUT2D eigenvalue weighted by Crippen LogP contribution is 2.40. The van der Waals surface area contributed by atoms with Gasteiger partial charge in [0.05, 0.1) is 17.7 Å². The first kappa shape index (κ1) is 24.5. The number of nitrogens with zero attached hydrogens (tertiary/aromatic N) is 2. The van der Waals surface area contributed by atoms with Crippen LogP contribution in [0.3, 0.4) is 0 Å². The Balaban J connectivity index is 1.90. The van der Waals surface area contributed by atoms with Gasteiger partial charge in [-0.2, -0.15) is 0 Å². The number of likely N-dealkylation sites (tertiary alicyclic amines) is 1. The lowest BCUT2D eigenvalue weighted by Crippen LogP contribution is -2.61. The summed E-state index contributed by atoms with van der Waals surface area (Å²) in [7, 11) is 0. The zero-order valence-corrected chi connectivity index (χ0v) is 19.8.